The Hall–Kier alpha value is -1.83. The Kier molecular flexibility index (Phi) is 3.89. The predicted octanol–water partition coefficient (Wildman–Crippen LogP) is 2.44. The van der Waals surface area contributed by atoms with Gasteiger partial charge >= 0.3 is 0 Å². The molecule has 7 nitrogen and oxygen atoms in total. The van der Waals surface area contributed by atoms with Crippen molar-refractivity contribution in [3.05, 3.63) is 22.2 Å². The molecule has 102 valence electrons. The molecule has 0 saturated heterocycles. The van der Waals surface area contributed by atoms with Gasteiger partial charge in [-0.2, -0.15) is 0 Å². The highest BCUT2D eigenvalue weighted by Gasteiger charge is 2.25. The van der Waals surface area contributed by atoms with Gasteiger partial charge in [0.15, 0.2) is 11.5 Å². The van der Waals surface area contributed by atoms with Crippen LogP contribution in [0.15, 0.2) is 12.1 Å². The van der Waals surface area contributed by atoms with Crippen LogP contribution in [0.1, 0.15) is 13.3 Å². The summed E-state index contributed by atoms with van der Waals surface area (Å²) in [7, 11) is 0. The zero-order valence-corrected chi connectivity index (χ0v) is 11.6. The molecule has 0 radical (unpaired) electrons. The van der Waals surface area contributed by atoms with Gasteiger partial charge in [0.25, 0.3) is 5.69 Å². The van der Waals surface area contributed by atoms with Crippen LogP contribution in [0, 0.1) is 10.1 Å². The molecule has 1 N–H and O–H groups in total. The van der Waals surface area contributed by atoms with E-state index in [9.17, 15) is 14.9 Å². The summed E-state index contributed by atoms with van der Waals surface area (Å²) in [4.78, 5) is 21.8. The number of benzene rings is 1. The number of carbonyl (C=O) groups is 1. The van der Waals surface area contributed by atoms with Gasteiger partial charge in [-0.3, -0.25) is 14.9 Å². The van der Waals surface area contributed by atoms with E-state index in [-0.39, 0.29) is 24.1 Å². The predicted molar refractivity (Wildman–Crippen MR) is 70.9 cm³/mol. The summed E-state index contributed by atoms with van der Waals surface area (Å²) in [5.74, 6) is 0.337. The number of fused-ring (bicyclic) bond motifs is 1. The molecule has 0 fully saturated rings. The highest BCUT2D eigenvalue weighted by molar-refractivity contribution is 9.10. The highest BCUT2D eigenvalue weighted by Crippen LogP contribution is 2.40. The lowest BCUT2D eigenvalue weighted by Crippen LogP contribution is -2.22. The molecular formula is C11H11BrN2O5. The van der Waals surface area contributed by atoms with Crippen molar-refractivity contribution in [3.63, 3.8) is 0 Å². The third kappa shape index (κ3) is 2.78. The summed E-state index contributed by atoms with van der Waals surface area (Å²) in [5, 5.41) is 13.5. The van der Waals surface area contributed by atoms with E-state index >= 15 is 0 Å². The fourth-order valence-corrected chi connectivity index (χ4v) is 1.69. The number of nitrogens with one attached hydrogen (secondary N) is 1. The SMILES string of the molecule is CCC(Br)C(=O)Nc1cc2c(cc1[N+](=O)[O-])OCO2. The molecule has 1 aliphatic heterocycles. The molecule has 0 bridgehead atoms. The van der Waals surface area contributed by atoms with E-state index in [1.807, 2.05) is 6.92 Å². The molecule has 2 rings (SSSR count). The molecule has 0 spiro atoms. The van der Waals surface area contributed by atoms with Crippen LogP contribution in [-0.2, 0) is 4.79 Å². The fraction of sp³-hybridized carbons (Fsp3) is 0.364. The molecule has 1 atom stereocenters. The molecule has 1 aliphatic rings. The van der Waals surface area contributed by atoms with E-state index in [1.165, 1.54) is 12.1 Å². The standard InChI is InChI=1S/C11H11BrN2O5/c1-2-6(12)11(15)13-7-3-9-10(19-5-18-9)4-8(7)14(16)17/h3-4,6H,2,5H2,1H3,(H,13,15). The van der Waals surface area contributed by atoms with Crippen molar-refractivity contribution in [3.8, 4) is 11.5 Å². The molecule has 0 saturated carbocycles. The van der Waals surface area contributed by atoms with Crippen molar-refractivity contribution in [1.29, 1.82) is 0 Å². The number of hydrogen-bond donors (Lipinski definition) is 1. The van der Waals surface area contributed by atoms with Gasteiger partial charge in [0.1, 0.15) is 5.69 Å². The van der Waals surface area contributed by atoms with Crippen molar-refractivity contribution in [1.82, 2.24) is 0 Å². The summed E-state index contributed by atoms with van der Waals surface area (Å²) in [6.07, 6.45) is 0.574. The molecule has 1 aromatic carbocycles. The number of nitro groups is 1. The molecule has 0 aliphatic carbocycles. The van der Waals surface area contributed by atoms with E-state index in [0.29, 0.717) is 17.9 Å². The third-order valence-electron chi connectivity index (χ3n) is 2.59. The topological polar surface area (TPSA) is 90.7 Å². The van der Waals surface area contributed by atoms with Crippen molar-refractivity contribution in [2.24, 2.45) is 0 Å². The van der Waals surface area contributed by atoms with Gasteiger partial charge in [0.05, 0.1) is 15.8 Å². The summed E-state index contributed by atoms with van der Waals surface area (Å²) < 4.78 is 10.2. The molecule has 1 aromatic rings. The molecular weight excluding hydrogens is 320 g/mol. The lowest BCUT2D eigenvalue weighted by atomic mass is 10.2. The van der Waals surface area contributed by atoms with Crippen LogP contribution in [0.3, 0.4) is 0 Å². The first-order valence-corrected chi connectivity index (χ1v) is 6.47. The van der Waals surface area contributed by atoms with Gasteiger partial charge in [0, 0.05) is 6.07 Å². The van der Waals surface area contributed by atoms with Gasteiger partial charge < -0.3 is 14.8 Å². The molecule has 8 heteroatoms. The molecule has 1 amide bonds. The second kappa shape index (κ2) is 5.43. The lowest BCUT2D eigenvalue weighted by Gasteiger charge is -2.09. The maximum atomic E-state index is 11.8. The van der Waals surface area contributed by atoms with Crippen molar-refractivity contribution < 1.29 is 19.2 Å². The first kappa shape index (κ1) is 13.6. The Morgan fingerprint density at radius 1 is 1.53 bits per heavy atom. The number of amides is 1. The minimum Gasteiger partial charge on any atom is -0.454 e. The van der Waals surface area contributed by atoms with Gasteiger partial charge in [-0.25, -0.2) is 0 Å². The summed E-state index contributed by atoms with van der Waals surface area (Å²) in [5.41, 5.74) is -0.134. The number of nitrogens with zero attached hydrogens (tertiary/aromatic N) is 1. The Bertz CT molecular complexity index is 534. The molecule has 19 heavy (non-hydrogen) atoms. The third-order valence-corrected chi connectivity index (χ3v) is 3.65. The van der Waals surface area contributed by atoms with Crippen LogP contribution in [0.4, 0.5) is 11.4 Å². The number of nitro benzene ring substituents is 1. The Morgan fingerprint density at radius 3 is 2.74 bits per heavy atom. The van der Waals surface area contributed by atoms with E-state index < -0.39 is 9.75 Å². The summed E-state index contributed by atoms with van der Waals surface area (Å²) in [6, 6.07) is 2.64. The van der Waals surface area contributed by atoms with Crippen LogP contribution in [0.25, 0.3) is 0 Å². The number of carbonyl (C=O) groups excluding carboxylic acids is 1. The first-order chi connectivity index (χ1) is 9.02. The molecule has 0 aromatic heterocycles. The maximum absolute atomic E-state index is 11.8. The van der Waals surface area contributed by atoms with Gasteiger partial charge in [-0.05, 0) is 6.42 Å². The lowest BCUT2D eigenvalue weighted by molar-refractivity contribution is -0.384. The highest BCUT2D eigenvalue weighted by atomic mass is 79.9. The zero-order chi connectivity index (χ0) is 14.0. The number of anilines is 1. The average molecular weight is 331 g/mol. The van der Waals surface area contributed by atoms with Crippen LogP contribution < -0.4 is 14.8 Å². The van der Waals surface area contributed by atoms with Crippen molar-refractivity contribution >= 4 is 33.2 Å². The van der Waals surface area contributed by atoms with Crippen LogP contribution in [0.5, 0.6) is 11.5 Å². The van der Waals surface area contributed by atoms with Crippen molar-refractivity contribution in [2.75, 3.05) is 12.1 Å². The Labute approximate surface area is 117 Å². The second-order valence-corrected chi connectivity index (χ2v) is 4.95. The quantitative estimate of drug-likeness (QED) is 0.520. The monoisotopic (exact) mass is 330 g/mol. The molecule has 1 heterocycles. The van der Waals surface area contributed by atoms with Crippen LogP contribution in [0.2, 0.25) is 0 Å². The Morgan fingerprint density at radius 2 is 2.16 bits per heavy atom. The maximum Gasteiger partial charge on any atom is 0.296 e. The zero-order valence-electron chi connectivity index (χ0n) is 10.0. The summed E-state index contributed by atoms with van der Waals surface area (Å²) in [6.45, 7) is 1.84. The number of hydrogen-bond acceptors (Lipinski definition) is 5. The van der Waals surface area contributed by atoms with Crippen LogP contribution >= 0.6 is 15.9 Å². The Balaban J connectivity index is 2.33. The summed E-state index contributed by atoms with van der Waals surface area (Å²) >= 11 is 3.19. The van der Waals surface area contributed by atoms with E-state index in [2.05, 4.69) is 21.2 Å². The van der Waals surface area contributed by atoms with E-state index in [4.69, 9.17) is 9.47 Å². The largest absolute Gasteiger partial charge is 0.454 e. The van der Waals surface area contributed by atoms with Crippen molar-refractivity contribution in [2.45, 2.75) is 18.2 Å². The second-order valence-electron chi connectivity index (χ2n) is 3.84. The minimum absolute atomic E-state index is 0.0138. The fourth-order valence-electron chi connectivity index (χ4n) is 1.58. The van der Waals surface area contributed by atoms with Gasteiger partial charge in [0.2, 0.25) is 12.7 Å². The number of ether oxygens (including phenoxy) is 2. The first-order valence-electron chi connectivity index (χ1n) is 5.56. The smallest absolute Gasteiger partial charge is 0.296 e. The van der Waals surface area contributed by atoms with E-state index in [1.54, 1.807) is 0 Å². The van der Waals surface area contributed by atoms with Gasteiger partial charge in [-0.15, -0.1) is 0 Å². The van der Waals surface area contributed by atoms with Gasteiger partial charge in [-0.1, -0.05) is 22.9 Å². The minimum atomic E-state index is -0.577. The van der Waals surface area contributed by atoms with Crippen LogP contribution in [-0.4, -0.2) is 22.5 Å². The number of alkyl halides is 1. The van der Waals surface area contributed by atoms with E-state index in [0.717, 1.165) is 0 Å². The average Bonchev–Trinajstić information content (AvgIpc) is 2.83. The normalized spacial score (nSPS) is 14.0. The number of rotatable bonds is 4. The number of halogens is 1. The molecule has 1 unspecified atom stereocenters.